The highest BCUT2D eigenvalue weighted by molar-refractivity contribution is 5.95. The van der Waals surface area contributed by atoms with E-state index in [0.717, 1.165) is 37.2 Å². The Morgan fingerprint density at radius 1 is 1.47 bits per heavy atom. The Hall–Kier alpha value is -1.35. The Morgan fingerprint density at radius 2 is 2.29 bits per heavy atom. The molecule has 0 aromatic heterocycles. The number of carbonyl (C=O) groups excluding carboxylic acids is 1. The Kier molecular flexibility index (Phi) is 3.79. The van der Waals surface area contributed by atoms with Gasteiger partial charge in [0.25, 0.3) is 5.91 Å². The van der Waals surface area contributed by atoms with E-state index in [1.807, 2.05) is 32.0 Å². The largest absolute Gasteiger partial charge is 0.352 e. The van der Waals surface area contributed by atoms with Gasteiger partial charge in [0.2, 0.25) is 0 Å². The van der Waals surface area contributed by atoms with E-state index in [0.29, 0.717) is 5.92 Å². The first-order valence-electron chi connectivity index (χ1n) is 6.23. The molecule has 1 heterocycles. The molecular formula is C14H20N2O. The second-order valence-electron chi connectivity index (χ2n) is 4.82. The molecule has 1 aliphatic heterocycles. The van der Waals surface area contributed by atoms with E-state index >= 15 is 0 Å². The summed E-state index contributed by atoms with van der Waals surface area (Å²) in [4.78, 5) is 12.0. The summed E-state index contributed by atoms with van der Waals surface area (Å²) in [7, 11) is 0. The van der Waals surface area contributed by atoms with Crippen molar-refractivity contribution in [2.75, 3.05) is 19.6 Å². The number of aryl methyl sites for hydroxylation is 1. The summed E-state index contributed by atoms with van der Waals surface area (Å²) in [5, 5.41) is 6.34. The van der Waals surface area contributed by atoms with Crippen molar-refractivity contribution in [1.82, 2.24) is 10.6 Å². The van der Waals surface area contributed by atoms with Gasteiger partial charge in [-0.15, -0.1) is 0 Å². The molecule has 92 valence electrons. The fourth-order valence-corrected chi connectivity index (χ4v) is 2.22. The molecule has 3 heteroatoms. The van der Waals surface area contributed by atoms with E-state index in [4.69, 9.17) is 0 Å². The van der Waals surface area contributed by atoms with Crippen molar-refractivity contribution in [3.05, 3.63) is 34.9 Å². The van der Waals surface area contributed by atoms with Gasteiger partial charge in [-0.2, -0.15) is 0 Å². The van der Waals surface area contributed by atoms with Gasteiger partial charge in [-0.25, -0.2) is 0 Å². The molecule has 0 aliphatic carbocycles. The van der Waals surface area contributed by atoms with Crippen LogP contribution in [0, 0.1) is 19.8 Å². The van der Waals surface area contributed by atoms with Crippen molar-refractivity contribution in [2.45, 2.75) is 20.3 Å². The minimum atomic E-state index is 0.0538. The number of carbonyl (C=O) groups is 1. The smallest absolute Gasteiger partial charge is 0.251 e. The lowest BCUT2D eigenvalue weighted by atomic mass is 10.0. The molecule has 1 aliphatic rings. The van der Waals surface area contributed by atoms with Crippen LogP contribution in [0.25, 0.3) is 0 Å². The van der Waals surface area contributed by atoms with Gasteiger partial charge in [0.1, 0.15) is 0 Å². The standard InChI is InChI=1S/C14H20N2O/c1-10-4-3-5-13(11(10)2)14(17)16-9-12-6-7-15-8-12/h3-5,12,15H,6-9H2,1-2H3,(H,16,17). The summed E-state index contributed by atoms with van der Waals surface area (Å²) >= 11 is 0. The predicted molar refractivity (Wildman–Crippen MR) is 69.2 cm³/mol. The third-order valence-corrected chi connectivity index (χ3v) is 3.56. The van der Waals surface area contributed by atoms with Crippen LogP contribution in [0.15, 0.2) is 18.2 Å². The molecule has 1 unspecified atom stereocenters. The minimum Gasteiger partial charge on any atom is -0.352 e. The summed E-state index contributed by atoms with van der Waals surface area (Å²) in [5.41, 5.74) is 3.05. The zero-order valence-corrected chi connectivity index (χ0v) is 10.5. The molecule has 2 rings (SSSR count). The number of hydrogen-bond donors (Lipinski definition) is 2. The summed E-state index contributed by atoms with van der Waals surface area (Å²) in [6.07, 6.45) is 1.16. The molecule has 0 saturated carbocycles. The Balaban J connectivity index is 1.97. The molecule has 1 atom stereocenters. The third-order valence-electron chi connectivity index (χ3n) is 3.56. The maximum atomic E-state index is 12.0. The molecular weight excluding hydrogens is 212 g/mol. The highest BCUT2D eigenvalue weighted by Gasteiger charge is 2.16. The van der Waals surface area contributed by atoms with Crippen molar-refractivity contribution in [1.29, 1.82) is 0 Å². The van der Waals surface area contributed by atoms with Gasteiger partial charge < -0.3 is 10.6 Å². The number of amides is 1. The SMILES string of the molecule is Cc1cccc(C(=O)NCC2CCNC2)c1C. The van der Waals surface area contributed by atoms with Crippen molar-refractivity contribution in [2.24, 2.45) is 5.92 Å². The van der Waals surface area contributed by atoms with Gasteiger partial charge in [-0.05, 0) is 56.5 Å². The van der Waals surface area contributed by atoms with Gasteiger partial charge in [-0.1, -0.05) is 12.1 Å². The number of hydrogen-bond acceptors (Lipinski definition) is 2. The second-order valence-corrected chi connectivity index (χ2v) is 4.82. The zero-order chi connectivity index (χ0) is 12.3. The first-order valence-corrected chi connectivity index (χ1v) is 6.23. The fourth-order valence-electron chi connectivity index (χ4n) is 2.22. The first-order chi connectivity index (χ1) is 8.18. The van der Waals surface area contributed by atoms with Gasteiger partial charge in [0, 0.05) is 12.1 Å². The van der Waals surface area contributed by atoms with Crippen molar-refractivity contribution in [3.63, 3.8) is 0 Å². The predicted octanol–water partition coefficient (Wildman–Crippen LogP) is 1.64. The van der Waals surface area contributed by atoms with Crippen LogP contribution < -0.4 is 10.6 Å². The van der Waals surface area contributed by atoms with E-state index in [9.17, 15) is 4.79 Å². The third kappa shape index (κ3) is 2.86. The van der Waals surface area contributed by atoms with Crippen LogP contribution in [-0.4, -0.2) is 25.5 Å². The molecule has 1 aromatic carbocycles. The van der Waals surface area contributed by atoms with E-state index in [-0.39, 0.29) is 5.91 Å². The maximum Gasteiger partial charge on any atom is 0.251 e. The number of rotatable bonds is 3. The van der Waals surface area contributed by atoms with E-state index in [1.165, 1.54) is 5.56 Å². The van der Waals surface area contributed by atoms with Crippen LogP contribution in [0.2, 0.25) is 0 Å². The van der Waals surface area contributed by atoms with Crippen LogP contribution in [-0.2, 0) is 0 Å². The van der Waals surface area contributed by atoms with Crippen molar-refractivity contribution >= 4 is 5.91 Å². The summed E-state index contributed by atoms with van der Waals surface area (Å²) < 4.78 is 0. The molecule has 1 fully saturated rings. The quantitative estimate of drug-likeness (QED) is 0.832. The lowest BCUT2D eigenvalue weighted by molar-refractivity contribution is 0.0947. The highest BCUT2D eigenvalue weighted by atomic mass is 16.1. The number of benzene rings is 1. The topological polar surface area (TPSA) is 41.1 Å². The molecule has 17 heavy (non-hydrogen) atoms. The Bertz CT molecular complexity index is 409. The average Bonchev–Trinajstić information content (AvgIpc) is 2.82. The van der Waals surface area contributed by atoms with Crippen molar-refractivity contribution < 1.29 is 4.79 Å². The van der Waals surface area contributed by atoms with Crippen LogP contribution in [0.5, 0.6) is 0 Å². The van der Waals surface area contributed by atoms with Crippen molar-refractivity contribution in [3.8, 4) is 0 Å². The van der Waals surface area contributed by atoms with Gasteiger partial charge in [0.05, 0.1) is 0 Å². The first kappa shape index (κ1) is 12.1. The molecule has 3 nitrogen and oxygen atoms in total. The molecule has 1 aromatic rings. The molecule has 0 radical (unpaired) electrons. The lowest BCUT2D eigenvalue weighted by Gasteiger charge is -2.12. The van der Waals surface area contributed by atoms with E-state index in [1.54, 1.807) is 0 Å². The Labute approximate surface area is 103 Å². The van der Waals surface area contributed by atoms with Gasteiger partial charge in [0.15, 0.2) is 0 Å². The zero-order valence-electron chi connectivity index (χ0n) is 10.5. The van der Waals surface area contributed by atoms with Crippen LogP contribution >= 0.6 is 0 Å². The number of nitrogens with one attached hydrogen (secondary N) is 2. The maximum absolute atomic E-state index is 12.0. The summed E-state index contributed by atoms with van der Waals surface area (Å²) in [6, 6.07) is 5.87. The fraction of sp³-hybridized carbons (Fsp3) is 0.500. The molecule has 0 spiro atoms. The van der Waals surface area contributed by atoms with Crippen LogP contribution in [0.4, 0.5) is 0 Å². The second kappa shape index (κ2) is 5.32. The van der Waals surface area contributed by atoms with E-state index < -0.39 is 0 Å². The van der Waals surface area contributed by atoms with Crippen LogP contribution in [0.3, 0.4) is 0 Å². The van der Waals surface area contributed by atoms with Crippen LogP contribution in [0.1, 0.15) is 27.9 Å². The molecule has 0 bridgehead atoms. The molecule has 1 amide bonds. The average molecular weight is 232 g/mol. The van der Waals surface area contributed by atoms with Gasteiger partial charge >= 0.3 is 0 Å². The summed E-state index contributed by atoms with van der Waals surface area (Å²) in [5.74, 6) is 0.641. The Morgan fingerprint density at radius 3 is 3.00 bits per heavy atom. The van der Waals surface area contributed by atoms with Gasteiger partial charge in [-0.3, -0.25) is 4.79 Å². The lowest BCUT2D eigenvalue weighted by Crippen LogP contribution is -2.30. The molecule has 2 N–H and O–H groups in total. The minimum absolute atomic E-state index is 0.0538. The highest BCUT2D eigenvalue weighted by Crippen LogP contribution is 2.13. The summed E-state index contributed by atoms with van der Waals surface area (Å²) in [6.45, 7) is 6.91. The van der Waals surface area contributed by atoms with E-state index in [2.05, 4.69) is 10.6 Å². The normalized spacial score (nSPS) is 19.3. The monoisotopic (exact) mass is 232 g/mol. The molecule has 1 saturated heterocycles.